The van der Waals surface area contributed by atoms with Gasteiger partial charge in [-0.2, -0.15) is 9.57 Å². The molecular weight excluding hydrogens is 310 g/mol. The Morgan fingerprint density at radius 3 is 2.95 bits per heavy atom. The van der Waals surface area contributed by atoms with Crippen molar-refractivity contribution in [3.63, 3.8) is 0 Å². The molecule has 1 unspecified atom stereocenters. The SMILES string of the molecule is CCNc1nc2sccn2c1S(=O)(=O)N(C)CC(C)C#N. The molecule has 0 fully saturated rings. The molecule has 0 saturated carbocycles. The fourth-order valence-corrected chi connectivity index (χ4v) is 4.21. The first-order chi connectivity index (χ1) is 9.91. The Kier molecular flexibility index (Phi) is 4.51. The first kappa shape index (κ1) is 15.8. The molecule has 0 aliphatic heterocycles. The van der Waals surface area contributed by atoms with E-state index in [1.807, 2.05) is 13.0 Å². The van der Waals surface area contributed by atoms with Crippen molar-refractivity contribution >= 4 is 32.1 Å². The summed E-state index contributed by atoms with van der Waals surface area (Å²) < 4.78 is 28.3. The van der Waals surface area contributed by atoms with E-state index in [2.05, 4.69) is 10.3 Å². The lowest BCUT2D eigenvalue weighted by molar-refractivity contribution is 0.437. The minimum Gasteiger partial charge on any atom is -0.368 e. The van der Waals surface area contributed by atoms with Crippen molar-refractivity contribution in [2.45, 2.75) is 18.9 Å². The quantitative estimate of drug-likeness (QED) is 0.870. The minimum absolute atomic E-state index is 0.119. The summed E-state index contributed by atoms with van der Waals surface area (Å²) in [4.78, 5) is 4.93. The predicted molar refractivity (Wildman–Crippen MR) is 81.8 cm³/mol. The molecule has 0 radical (unpaired) electrons. The van der Waals surface area contributed by atoms with Crippen LogP contribution in [0.4, 0.5) is 5.82 Å². The maximum Gasteiger partial charge on any atom is 0.262 e. The van der Waals surface area contributed by atoms with Gasteiger partial charge in [0.2, 0.25) is 0 Å². The topological polar surface area (TPSA) is 90.5 Å². The highest BCUT2D eigenvalue weighted by molar-refractivity contribution is 7.89. The summed E-state index contributed by atoms with van der Waals surface area (Å²) in [7, 11) is -2.25. The summed E-state index contributed by atoms with van der Waals surface area (Å²) in [5.74, 6) is -0.0287. The van der Waals surface area contributed by atoms with E-state index < -0.39 is 10.0 Å². The molecule has 1 atom stereocenters. The number of hydrogen-bond acceptors (Lipinski definition) is 6. The van der Waals surface area contributed by atoms with Crippen LogP contribution in [0, 0.1) is 17.2 Å². The lowest BCUT2D eigenvalue weighted by atomic mass is 10.2. The smallest absolute Gasteiger partial charge is 0.262 e. The van der Waals surface area contributed by atoms with Gasteiger partial charge in [0.05, 0.1) is 12.0 Å². The summed E-state index contributed by atoms with van der Waals surface area (Å²) in [6, 6.07) is 2.04. The number of aromatic nitrogens is 2. The number of fused-ring (bicyclic) bond motifs is 1. The molecule has 1 N–H and O–H groups in total. The third-order valence-corrected chi connectivity index (χ3v) is 5.57. The van der Waals surface area contributed by atoms with Gasteiger partial charge in [0.1, 0.15) is 0 Å². The van der Waals surface area contributed by atoms with Gasteiger partial charge in [0, 0.05) is 31.7 Å². The summed E-state index contributed by atoms with van der Waals surface area (Å²) in [5, 5.41) is 13.7. The van der Waals surface area contributed by atoms with Gasteiger partial charge in [0.25, 0.3) is 10.0 Å². The van der Waals surface area contributed by atoms with E-state index in [1.165, 1.54) is 22.7 Å². The van der Waals surface area contributed by atoms with Crippen molar-refractivity contribution in [3.8, 4) is 6.07 Å². The van der Waals surface area contributed by atoms with Crippen molar-refractivity contribution in [2.75, 3.05) is 25.5 Å². The highest BCUT2D eigenvalue weighted by Crippen LogP contribution is 2.28. The van der Waals surface area contributed by atoms with Crippen LogP contribution in [-0.4, -0.2) is 42.2 Å². The molecular formula is C12H17N5O2S2. The summed E-state index contributed by atoms with van der Waals surface area (Å²) >= 11 is 1.37. The van der Waals surface area contributed by atoms with E-state index in [0.717, 1.165) is 0 Å². The van der Waals surface area contributed by atoms with E-state index >= 15 is 0 Å². The van der Waals surface area contributed by atoms with E-state index in [0.29, 0.717) is 17.3 Å². The third kappa shape index (κ3) is 2.88. The summed E-state index contributed by atoms with van der Waals surface area (Å²) in [5.41, 5.74) is 0. The Morgan fingerprint density at radius 2 is 2.33 bits per heavy atom. The molecule has 7 nitrogen and oxygen atoms in total. The van der Waals surface area contributed by atoms with Gasteiger partial charge in [-0.25, -0.2) is 13.4 Å². The van der Waals surface area contributed by atoms with Crippen molar-refractivity contribution in [1.82, 2.24) is 13.7 Å². The van der Waals surface area contributed by atoms with Gasteiger partial charge >= 0.3 is 0 Å². The standard InChI is InChI=1S/C12H17N5O2S2/c1-4-14-10-11(17-5-6-20-12(17)15-10)21(18,19)16(3)8-9(2)7-13/h5-6,9,14H,4,8H2,1-3H3. The lowest BCUT2D eigenvalue weighted by Gasteiger charge is -2.18. The Labute approximate surface area is 127 Å². The second-order valence-electron chi connectivity index (χ2n) is 4.67. The zero-order chi connectivity index (χ0) is 15.6. The van der Waals surface area contributed by atoms with E-state index in [4.69, 9.17) is 5.26 Å². The number of nitrogens with zero attached hydrogens (tertiary/aromatic N) is 4. The highest BCUT2D eigenvalue weighted by Gasteiger charge is 2.30. The predicted octanol–water partition coefficient (Wildman–Crippen LogP) is 1.61. The zero-order valence-electron chi connectivity index (χ0n) is 12.1. The van der Waals surface area contributed by atoms with Gasteiger partial charge in [-0.3, -0.25) is 4.40 Å². The summed E-state index contributed by atoms with van der Waals surface area (Å²) in [6.07, 6.45) is 1.68. The fourth-order valence-electron chi connectivity index (χ4n) is 1.97. The molecule has 0 aliphatic carbocycles. The number of thiazole rings is 1. The van der Waals surface area contributed by atoms with Gasteiger partial charge in [0.15, 0.2) is 15.8 Å². The first-order valence-corrected chi connectivity index (χ1v) is 8.79. The highest BCUT2D eigenvalue weighted by atomic mass is 32.2. The number of imidazole rings is 1. The molecule has 114 valence electrons. The second kappa shape index (κ2) is 6.01. The van der Waals surface area contributed by atoms with Crippen molar-refractivity contribution in [3.05, 3.63) is 11.6 Å². The minimum atomic E-state index is -3.72. The number of sulfonamides is 1. The number of hydrogen-bond donors (Lipinski definition) is 1. The Morgan fingerprint density at radius 1 is 1.62 bits per heavy atom. The molecule has 21 heavy (non-hydrogen) atoms. The van der Waals surface area contributed by atoms with Crippen LogP contribution in [0.3, 0.4) is 0 Å². The summed E-state index contributed by atoms with van der Waals surface area (Å²) in [6.45, 7) is 4.28. The van der Waals surface area contributed by atoms with Crippen LogP contribution in [0.1, 0.15) is 13.8 Å². The van der Waals surface area contributed by atoms with Crippen molar-refractivity contribution < 1.29 is 8.42 Å². The van der Waals surface area contributed by atoms with E-state index in [-0.39, 0.29) is 17.5 Å². The largest absolute Gasteiger partial charge is 0.368 e. The third-order valence-electron chi connectivity index (χ3n) is 2.97. The molecule has 0 bridgehead atoms. The molecule has 0 aromatic carbocycles. The normalized spacial score (nSPS) is 13.5. The first-order valence-electron chi connectivity index (χ1n) is 6.47. The Balaban J connectivity index is 2.50. The number of rotatable bonds is 6. The van der Waals surface area contributed by atoms with Crippen molar-refractivity contribution in [1.29, 1.82) is 5.26 Å². The van der Waals surface area contributed by atoms with Crippen LogP contribution in [0.2, 0.25) is 0 Å². The second-order valence-corrected chi connectivity index (χ2v) is 7.50. The Hall–Kier alpha value is -1.63. The molecule has 2 aromatic heterocycles. The monoisotopic (exact) mass is 327 g/mol. The molecule has 0 aliphatic rings. The van der Waals surface area contributed by atoms with Crippen LogP contribution in [-0.2, 0) is 10.0 Å². The fraction of sp³-hybridized carbons (Fsp3) is 0.500. The molecule has 2 rings (SSSR count). The van der Waals surface area contributed by atoms with Gasteiger partial charge in [-0.1, -0.05) is 0 Å². The van der Waals surface area contributed by atoms with Gasteiger partial charge in [-0.05, 0) is 13.8 Å². The van der Waals surface area contributed by atoms with E-state index in [1.54, 1.807) is 22.9 Å². The molecule has 2 aromatic rings. The molecule has 0 saturated heterocycles. The van der Waals surface area contributed by atoms with Crippen LogP contribution in [0.5, 0.6) is 0 Å². The molecule has 2 heterocycles. The molecule has 0 spiro atoms. The maximum atomic E-state index is 12.8. The number of nitriles is 1. The van der Waals surface area contributed by atoms with E-state index in [9.17, 15) is 8.42 Å². The van der Waals surface area contributed by atoms with Crippen molar-refractivity contribution in [2.24, 2.45) is 5.92 Å². The van der Waals surface area contributed by atoms with Crippen LogP contribution < -0.4 is 5.32 Å². The van der Waals surface area contributed by atoms with Gasteiger partial charge in [-0.15, -0.1) is 11.3 Å². The van der Waals surface area contributed by atoms with Crippen LogP contribution >= 0.6 is 11.3 Å². The molecule has 0 amide bonds. The van der Waals surface area contributed by atoms with Gasteiger partial charge < -0.3 is 5.32 Å². The number of anilines is 1. The van der Waals surface area contributed by atoms with Crippen LogP contribution in [0.15, 0.2) is 16.6 Å². The zero-order valence-corrected chi connectivity index (χ0v) is 13.7. The molecule has 9 heteroatoms. The average Bonchev–Trinajstić information content (AvgIpc) is 2.98. The lowest BCUT2D eigenvalue weighted by Crippen LogP contribution is -2.32. The number of nitrogens with one attached hydrogen (secondary N) is 1. The average molecular weight is 327 g/mol. The maximum absolute atomic E-state index is 12.8. The Bertz CT molecular complexity index is 771. The van der Waals surface area contributed by atoms with Crippen LogP contribution in [0.25, 0.3) is 4.96 Å².